The van der Waals surface area contributed by atoms with Crippen LogP contribution in [0, 0.1) is 6.92 Å². The van der Waals surface area contributed by atoms with E-state index in [1.807, 2.05) is 18.4 Å². The van der Waals surface area contributed by atoms with Gasteiger partial charge in [0.2, 0.25) is 0 Å². The third-order valence-electron chi connectivity index (χ3n) is 3.69. The molecule has 0 saturated heterocycles. The van der Waals surface area contributed by atoms with E-state index >= 15 is 0 Å². The predicted molar refractivity (Wildman–Crippen MR) is 82.9 cm³/mol. The van der Waals surface area contributed by atoms with E-state index in [1.165, 1.54) is 15.4 Å². The van der Waals surface area contributed by atoms with Crippen molar-refractivity contribution in [1.29, 1.82) is 0 Å². The van der Waals surface area contributed by atoms with Crippen LogP contribution in [-0.2, 0) is 5.41 Å². The first-order valence-electron chi connectivity index (χ1n) is 6.67. The first-order chi connectivity index (χ1) is 8.96. The smallest absolute Gasteiger partial charge is 0.103 e. The molecule has 1 aromatic carbocycles. The Morgan fingerprint density at radius 1 is 1.21 bits per heavy atom. The van der Waals surface area contributed by atoms with Crippen molar-refractivity contribution in [2.45, 2.75) is 39.2 Å². The second-order valence-corrected chi connectivity index (χ2v) is 6.50. The van der Waals surface area contributed by atoms with Crippen molar-refractivity contribution in [1.82, 2.24) is 10.3 Å². The topological polar surface area (TPSA) is 24.9 Å². The van der Waals surface area contributed by atoms with E-state index in [-0.39, 0.29) is 5.41 Å². The van der Waals surface area contributed by atoms with Gasteiger partial charge in [-0.2, -0.15) is 0 Å². The first kappa shape index (κ1) is 14.2. The Bertz CT molecular complexity index is 543. The fraction of sp³-hybridized carbons (Fsp3) is 0.438. The van der Waals surface area contributed by atoms with Crippen LogP contribution in [0.25, 0.3) is 0 Å². The summed E-state index contributed by atoms with van der Waals surface area (Å²) in [6.45, 7) is 8.77. The first-order valence-corrected chi connectivity index (χ1v) is 7.49. The molecule has 1 atom stereocenters. The van der Waals surface area contributed by atoms with E-state index in [1.54, 1.807) is 0 Å². The number of aryl methyl sites for hydroxylation is 1. The maximum Gasteiger partial charge on any atom is 0.103 e. The largest absolute Gasteiger partial charge is 0.312 e. The molecular weight excluding hydrogens is 252 g/mol. The SMILES string of the molecule is CNC(C)c1sc(C(C)(C)c2ccccc2)nc1C. The van der Waals surface area contributed by atoms with E-state index in [2.05, 4.69) is 63.3 Å². The molecule has 3 heteroatoms. The predicted octanol–water partition coefficient (Wildman–Crippen LogP) is 4.06. The summed E-state index contributed by atoms with van der Waals surface area (Å²) >= 11 is 1.82. The molecule has 0 radical (unpaired) electrons. The standard InChI is InChI=1S/C16H22N2S/c1-11(17-5)14-12(2)18-15(19-14)16(3,4)13-9-7-6-8-10-13/h6-11,17H,1-5H3. The Labute approximate surface area is 119 Å². The molecule has 1 aromatic heterocycles. The highest BCUT2D eigenvalue weighted by Crippen LogP contribution is 2.37. The summed E-state index contributed by atoms with van der Waals surface area (Å²) in [6, 6.07) is 11.0. The van der Waals surface area contributed by atoms with Gasteiger partial charge in [-0.3, -0.25) is 0 Å². The molecule has 1 heterocycles. The molecule has 0 aliphatic heterocycles. The molecule has 0 amide bonds. The van der Waals surface area contributed by atoms with Crippen molar-refractivity contribution >= 4 is 11.3 Å². The normalized spacial score (nSPS) is 13.5. The van der Waals surface area contributed by atoms with Gasteiger partial charge in [-0.25, -0.2) is 4.98 Å². The average Bonchev–Trinajstić information content (AvgIpc) is 2.81. The lowest BCUT2D eigenvalue weighted by Crippen LogP contribution is -2.18. The number of aromatic nitrogens is 1. The lowest BCUT2D eigenvalue weighted by Gasteiger charge is -2.22. The van der Waals surface area contributed by atoms with Crippen molar-refractivity contribution in [3.05, 3.63) is 51.5 Å². The van der Waals surface area contributed by atoms with Gasteiger partial charge < -0.3 is 5.32 Å². The minimum atomic E-state index is -0.0393. The van der Waals surface area contributed by atoms with Crippen LogP contribution in [0.5, 0.6) is 0 Å². The zero-order valence-corrected chi connectivity index (χ0v) is 13.1. The quantitative estimate of drug-likeness (QED) is 0.909. The van der Waals surface area contributed by atoms with Gasteiger partial charge in [-0.15, -0.1) is 11.3 Å². The van der Waals surface area contributed by atoms with Crippen LogP contribution in [-0.4, -0.2) is 12.0 Å². The van der Waals surface area contributed by atoms with Crippen LogP contribution in [0.2, 0.25) is 0 Å². The molecule has 0 aliphatic carbocycles. The number of benzene rings is 1. The Kier molecular flexibility index (Phi) is 4.07. The Morgan fingerprint density at radius 3 is 2.42 bits per heavy atom. The van der Waals surface area contributed by atoms with Crippen molar-refractivity contribution in [2.75, 3.05) is 7.05 Å². The van der Waals surface area contributed by atoms with Gasteiger partial charge in [-0.1, -0.05) is 30.3 Å². The van der Waals surface area contributed by atoms with Crippen LogP contribution in [0.4, 0.5) is 0 Å². The molecule has 0 bridgehead atoms. The molecule has 0 spiro atoms. The molecular formula is C16H22N2S. The number of nitrogens with one attached hydrogen (secondary N) is 1. The summed E-state index contributed by atoms with van der Waals surface area (Å²) in [5.74, 6) is 0. The zero-order chi connectivity index (χ0) is 14.0. The van der Waals surface area contributed by atoms with Gasteiger partial charge in [0.15, 0.2) is 0 Å². The summed E-state index contributed by atoms with van der Waals surface area (Å²) in [5, 5.41) is 4.49. The summed E-state index contributed by atoms with van der Waals surface area (Å²) < 4.78 is 0. The third-order valence-corrected chi connectivity index (χ3v) is 5.35. The molecule has 1 unspecified atom stereocenters. The molecule has 102 valence electrons. The van der Waals surface area contributed by atoms with E-state index in [9.17, 15) is 0 Å². The maximum atomic E-state index is 4.81. The Balaban J connectivity index is 2.42. The van der Waals surface area contributed by atoms with Gasteiger partial charge in [0.05, 0.1) is 5.69 Å². The molecule has 2 nitrogen and oxygen atoms in total. The molecule has 0 aliphatic rings. The summed E-state index contributed by atoms with van der Waals surface area (Å²) in [6.07, 6.45) is 0. The molecule has 2 aromatic rings. The average molecular weight is 274 g/mol. The van der Waals surface area contributed by atoms with Crippen LogP contribution in [0.15, 0.2) is 30.3 Å². The Hall–Kier alpha value is -1.19. The third kappa shape index (κ3) is 2.72. The molecule has 19 heavy (non-hydrogen) atoms. The molecule has 1 N–H and O–H groups in total. The van der Waals surface area contributed by atoms with Crippen LogP contribution in [0.3, 0.4) is 0 Å². The highest BCUT2D eigenvalue weighted by molar-refractivity contribution is 7.12. The van der Waals surface area contributed by atoms with Crippen molar-refractivity contribution < 1.29 is 0 Å². The van der Waals surface area contributed by atoms with E-state index in [0.29, 0.717) is 6.04 Å². The second-order valence-electron chi connectivity index (χ2n) is 5.47. The van der Waals surface area contributed by atoms with Crippen LogP contribution >= 0.6 is 11.3 Å². The maximum absolute atomic E-state index is 4.81. The van der Waals surface area contributed by atoms with Crippen LogP contribution in [0.1, 0.15) is 48.0 Å². The number of rotatable bonds is 4. The minimum Gasteiger partial charge on any atom is -0.312 e. The second kappa shape index (κ2) is 5.43. The highest BCUT2D eigenvalue weighted by atomic mass is 32.1. The molecule has 0 fully saturated rings. The lowest BCUT2D eigenvalue weighted by molar-refractivity contribution is 0.632. The number of hydrogen-bond donors (Lipinski definition) is 1. The van der Waals surface area contributed by atoms with Crippen LogP contribution < -0.4 is 5.32 Å². The monoisotopic (exact) mass is 274 g/mol. The fourth-order valence-electron chi connectivity index (χ4n) is 2.19. The van der Waals surface area contributed by atoms with Crippen molar-refractivity contribution in [2.24, 2.45) is 0 Å². The summed E-state index contributed by atoms with van der Waals surface area (Å²) in [5.41, 5.74) is 2.42. The van der Waals surface area contributed by atoms with E-state index in [0.717, 1.165) is 5.69 Å². The highest BCUT2D eigenvalue weighted by Gasteiger charge is 2.28. The number of thiazole rings is 1. The van der Waals surface area contributed by atoms with Gasteiger partial charge >= 0.3 is 0 Å². The lowest BCUT2D eigenvalue weighted by atomic mass is 9.85. The zero-order valence-electron chi connectivity index (χ0n) is 12.3. The Morgan fingerprint density at radius 2 is 1.84 bits per heavy atom. The molecule has 0 saturated carbocycles. The molecule has 2 rings (SSSR count). The fourth-order valence-corrected chi connectivity index (χ4v) is 3.44. The van der Waals surface area contributed by atoms with Crippen molar-refractivity contribution in [3.8, 4) is 0 Å². The summed E-state index contributed by atoms with van der Waals surface area (Å²) in [4.78, 5) is 6.14. The van der Waals surface area contributed by atoms with Gasteiger partial charge in [0.1, 0.15) is 5.01 Å². The van der Waals surface area contributed by atoms with E-state index in [4.69, 9.17) is 4.98 Å². The van der Waals surface area contributed by atoms with Gasteiger partial charge in [0, 0.05) is 16.3 Å². The van der Waals surface area contributed by atoms with Gasteiger partial charge in [0.25, 0.3) is 0 Å². The van der Waals surface area contributed by atoms with E-state index < -0.39 is 0 Å². The van der Waals surface area contributed by atoms with Crippen molar-refractivity contribution in [3.63, 3.8) is 0 Å². The minimum absolute atomic E-state index is 0.0393. The number of nitrogens with zero attached hydrogens (tertiary/aromatic N) is 1. The summed E-state index contributed by atoms with van der Waals surface area (Å²) in [7, 11) is 1.99. The van der Waals surface area contributed by atoms with Gasteiger partial charge in [-0.05, 0) is 40.3 Å². The number of hydrogen-bond acceptors (Lipinski definition) is 3.